The highest BCUT2D eigenvalue weighted by atomic mass is 32.2. The van der Waals surface area contributed by atoms with Crippen molar-refractivity contribution in [2.24, 2.45) is 0 Å². The fourth-order valence-corrected chi connectivity index (χ4v) is 2.43. The Morgan fingerprint density at radius 2 is 1.55 bits per heavy atom. The number of hydrogen-bond donors (Lipinski definition) is 0. The highest BCUT2D eigenvalue weighted by molar-refractivity contribution is 7.89. The highest BCUT2D eigenvalue weighted by Gasteiger charge is 2.19. The molecule has 0 aliphatic rings. The van der Waals surface area contributed by atoms with Gasteiger partial charge in [-0.1, -0.05) is 13.8 Å². The van der Waals surface area contributed by atoms with E-state index in [1.807, 2.05) is 13.8 Å². The Balaban J connectivity index is 3.13. The molecule has 0 heterocycles. The first-order valence-corrected chi connectivity index (χ1v) is 8.19. The number of ether oxygens (including phenoxy) is 2. The van der Waals surface area contributed by atoms with Gasteiger partial charge in [0.2, 0.25) is 10.0 Å². The van der Waals surface area contributed by atoms with Gasteiger partial charge in [0.1, 0.15) is 0 Å². The van der Waals surface area contributed by atoms with Crippen LogP contribution >= 0.6 is 0 Å². The maximum atomic E-state index is 12.1. The van der Waals surface area contributed by atoms with Gasteiger partial charge in [0.15, 0.2) is 11.5 Å². The van der Waals surface area contributed by atoms with Crippen LogP contribution in [-0.4, -0.2) is 40.0 Å². The van der Waals surface area contributed by atoms with Crippen LogP contribution in [0.3, 0.4) is 0 Å². The van der Waals surface area contributed by atoms with Crippen LogP contribution in [0.2, 0.25) is 0 Å². The van der Waals surface area contributed by atoms with Crippen molar-refractivity contribution in [3.63, 3.8) is 0 Å². The number of nitrogens with zero attached hydrogens (tertiary/aromatic N) is 1. The number of rotatable bonds is 8. The Kier molecular flexibility index (Phi) is 6.29. The third-order valence-corrected chi connectivity index (χ3v) is 4.43. The third kappa shape index (κ3) is 4.11. The van der Waals surface area contributed by atoms with Crippen LogP contribution in [0.1, 0.15) is 26.7 Å². The molecular weight excluding hydrogens is 278 g/mol. The van der Waals surface area contributed by atoms with E-state index < -0.39 is 10.0 Å². The lowest BCUT2D eigenvalue weighted by molar-refractivity contribution is 0.267. The Morgan fingerprint density at radius 3 is 2.05 bits per heavy atom. The van der Waals surface area contributed by atoms with Gasteiger partial charge < -0.3 is 9.47 Å². The zero-order chi connectivity index (χ0) is 15.2. The zero-order valence-corrected chi connectivity index (χ0v) is 13.4. The first-order valence-electron chi connectivity index (χ1n) is 6.75. The quantitative estimate of drug-likeness (QED) is 0.740. The van der Waals surface area contributed by atoms with E-state index in [0.29, 0.717) is 24.7 Å². The molecule has 0 amide bonds. The first-order chi connectivity index (χ1) is 9.43. The van der Waals surface area contributed by atoms with Gasteiger partial charge in [0.05, 0.1) is 18.1 Å². The molecule has 1 aromatic rings. The smallest absolute Gasteiger partial charge is 0.242 e. The van der Waals surface area contributed by atoms with Gasteiger partial charge in [-0.05, 0) is 25.0 Å². The fourth-order valence-electron chi connectivity index (χ4n) is 1.52. The van der Waals surface area contributed by atoms with E-state index in [1.165, 1.54) is 24.5 Å². The van der Waals surface area contributed by atoms with Gasteiger partial charge in [-0.2, -0.15) is 0 Å². The molecule has 0 aliphatic carbocycles. The summed E-state index contributed by atoms with van der Waals surface area (Å²) >= 11 is 0. The lowest BCUT2D eigenvalue weighted by atomic mass is 10.3. The summed E-state index contributed by atoms with van der Waals surface area (Å²) < 4.78 is 36.6. The molecule has 1 aromatic carbocycles. The van der Waals surface area contributed by atoms with Crippen LogP contribution in [0, 0.1) is 0 Å². The molecule has 0 saturated carbocycles. The molecule has 6 heteroatoms. The standard InChI is InChI=1S/C14H23NO4S/c1-5-9-18-13-8-7-12(20(16,17)15(3)4)11-14(13)19-10-6-2/h7-8,11H,5-6,9-10H2,1-4H3. The zero-order valence-electron chi connectivity index (χ0n) is 12.5. The van der Waals surface area contributed by atoms with Crippen LogP contribution in [0.4, 0.5) is 0 Å². The molecule has 0 atom stereocenters. The Bertz CT molecular complexity index is 526. The van der Waals surface area contributed by atoms with E-state index in [0.717, 1.165) is 12.8 Å². The van der Waals surface area contributed by atoms with E-state index in [-0.39, 0.29) is 4.90 Å². The first kappa shape index (κ1) is 16.8. The Morgan fingerprint density at radius 1 is 1.00 bits per heavy atom. The van der Waals surface area contributed by atoms with E-state index >= 15 is 0 Å². The van der Waals surface area contributed by atoms with Gasteiger partial charge in [0.25, 0.3) is 0 Å². The molecule has 1 rings (SSSR count). The van der Waals surface area contributed by atoms with Crippen molar-refractivity contribution in [3.05, 3.63) is 18.2 Å². The molecule has 114 valence electrons. The van der Waals surface area contributed by atoms with Crippen LogP contribution in [-0.2, 0) is 10.0 Å². The highest BCUT2D eigenvalue weighted by Crippen LogP contribution is 2.31. The molecule has 0 aliphatic heterocycles. The molecule has 0 radical (unpaired) electrons. The molecule has 0 saturated heterocycles. The minimum absolute atomic E-state index is 0.206. The average Bonchev–Trinajstić information content (AvgIpc) is 2.42. The summed E-state index contributed by atoms with van der Waals surface area (Å²) in [5.74, 6) is 1.06. The van der Waals surface area contributed by atoms with Crippen molar-refractivity contribution >= 4 is 10.0 Å². The summed E-state index contributed by atoms with van der Waals surface area (Å²) in [7, 11) is -0.457. The van der Waals surface area contributed by atoms with Crippen molar-refractivity contribution in [3.8, 4) is 11.5 Å². The maximum absolute atomic E-state index is 12.1. The lowest BCUT2D eigenvalue weighted by Crippen LogP contribution is -2.22. The lowest BCUT2D eigenvalue weighted by Gasteiger charge is -2.15. The van der Waals surface area contributed by atoms with Crippen molar-refractivity contribution in [2.75, 3.05) is 27.3 Å². The van der Waals surface area contributed by atoms with Gasteiger partial charge in [-0.3, -0.25) is 0 Å². The van der Waals surface area contributed by atoms with Gasteiger partial charge in [-0.15, -0.1) is 0 Å². The summed E-state index contributed by atoms with van der Waals surface area (Å²) in [5, 5.41) is 0. The second-order valence-corrected chi connectivity index (χ2v) is 6.74. The van der Waals surface area contributed by atoms with Crippen molar-refractivity contribution in [1.29, 1.82) is 0 Å². The third-order valence-electron chi connectivity index (χ3n) is 2.62. The van der Waals surface area contributed by atoms with E-state index in [9.17, 15) is 8.42 Å². The summed E-state index contributed by atoms with van der Waals surface area (Å²) in [4.78, 5) is 0.206. The van der Waals surface area contributed by atoms with Crippen LogP contribution < -0.4 is 9.47 Å². The Labute approximate surface area is 121 Å². The SMILES string of the molecule is CCCOc1ccc(S(=O)(=O)N(C)C)cc1OCCC. The summed E-state index contributed by atoms with van der Waals surface area (Å²) in [6, 6.07) is 4.71. The molecule has 0 unspecified atom stereocenters. The monoisotopic (exact) mass is 301 g/mol. The number of sulfonamides is 1. The minimum Gasteiger partial charge on any atom is -0.490 e. The molecule has 0 spiro atoms. The molecular formula is C14H23NO4S. The van der Waals surface area contributed by atoms with Gasteiger partial charge in [0, 0.05) is 20.2 Å². The fraction of sp³-hybridized carbons (Fsp3) is 0.571. The largest absolute Gasteiger partial charge is 0.490 e. The van der Waals surface area contributed by atoms with E-state index in [2.05, 4.69) is 0 Å². The van der Waals surface area contributed by atoms with E-state index in [1.54, 1.807) is 12.1 Å². The van der Waals surface area contributed by atoms with Crippen LogP contribution in [0.5, 0.6) is 11.5 Å². The van der Waals surface area contributed by atoms with Crippen LogP contribution in [0.25, 0.3) is 0 Å². The van der Waals surface area contributed by atoms with Crippen molar-refractivity contribution < 1.29 is 17.9 Å². The molecule has 0 aromatic heterocycles. The molecule has 0 fully saturated rings. The number of hydrogen-bond acceptors (Lipinski definition) is 4. The molecule has 0 bridgehead atoms. The summed E-state index contributed by atoms with van der Waals surface area (Å²) in [6.07, 6.45) is 1.73. The summed E-state index contributed by atoms with van der Waals surface area (Å²) in [5.41, 5.74) is 0. The van der Waals surface area contributed by atoms with Crippen LogP contribution in [0.15, 0.2) is 23.1 Å². The van der Waals surface area contributed by atoms with Crippen molar-refractivity contribution in [2.45, 2.75) is 31.6 Å². The molecule has 5 nitrogen and oxygen atoms in total. The minimum atomic E-state index is -3.46. The van der Waals surface area contributed by atoms with Gasteiger partial charge in [-0.25, -0.2) is 12.7 Å². The second-order valence-electron chi connectivity index (χ2n) is 4.59. The number of benzene rings is 1. The average molecular weight is 301 g/mol. The normalized spacial score (nSPS) is 11.7. The molecule has 20 heavy (non-hydrogen) atoms. The molecule has 0 N–H and O–H groups in total. The maximum Gasteiger partial charge on any atom is 0.242 e. The Hall–Kier alpha value is -1.27. The predicted molar refractivity (Wildman–Crippen MR) is 78.9 cm³/mol. The van der Waals surface area contributed by atoms with Crippen molar-refractivity contribution in [1.82, 2.24) is 4.31 Å². The predicted octanol–water partition coefficient (Wildman–Crippen LogP) is 2.51. The van der Waals surface area contributed by atoms with Gasteiger partial charge >= 0.3 is 0 Å². The topological polar surface area (TPSA) is 55.8 Å². The summed E-state index contributed by atoms with van der Waals surface area (Å²) in [6.45, 7) is 5.10. The van der Waals surface area contributed by atoms with E-state index in [4.69, 9.17) is 9.47 Å². The second kappa shape index (κ2) is 7.50.